The summed E-state index contributed by atoms with van der Waals surface area (Å²) in [6.45, 7) is 15.3. The normalized spacial score (nSPS) is 11.3. The van der Waals surface area contributed by atoms with Crippen LogP contribution in [0.1, 0.15) is 182 Å². The van der Waals surface area contributed by atoms with Crippen LogP contribution >= 0.6 is 0 Å². The molecular weight excluding hydrogens is 514 g/mol. The Hall–Kier alpha value is 0.730. The van der Waals surface area contributed by atoms with Crippen molar-refractivity contribution < 1.29 is 33.9 Å². The zero-order chi connectivity index (χ0) is 24.3. The van der Waals surface area contributed by atoms with Crippen LogP contribution in [-0.4, -0.2) is 30.7 Å². The molecule has 0 atom stereocenters. The lowest BCUT2D eigenvalue weighted by Crippen LogP contribution is -3.00. The van der Waals surface area contributed by atoms with Gasteiger partial charge in [0.1, 0.15) is 0 Å². The molecule has 0 fully saturated rings. The van der Waals surface area contributed by atoms with Crippen molar-refractivity contribution in [1.82, 2.24) is 0 Å². The van der Waals surface area contributed by atoms with E-state index in [4.69, 9.17) is 0 Å². The zero-order valence-corrected chi connectivity index (χ0v) is 27.3. The molecule has 0 aromatic heterocycles. The summed E-state index contributed by atoms with van der Waals surface area (Å²) < 4.78 is 1.48. The molecule has 1 nitrogen and oxygen atoms in total. The fourth-order valence-corrected chi connectivity index (χ4v) is 5.58. The van der Waals surface area contributed by atoms with Crippen LogP contribution < -0.4 is 29.4 Å². The fourth-order valence-electron chi connectivity index (χ4n) is 5.58. The first-order valence-electron chi connectivity index (χ1n) is 16.1. The molecule has 0 rings (SSSR count). The molecule has 0 aromatic carbocycles. The number of hydrogen-bond donors (Lipinski definition) is 0. The van der Waals surface area contributed by atoms with Gasteiger partial charge < -0.3 is 33.9 Å². The molecule has 0 bridgehead atoms. The van der Waals surface area contributed by atoms with Crippen molar-refractivity contribution >= 4 is 0 Å². The van der Waals surface area contributed by atoms with E-state index in [1.54, 1.807) is 0 Å². The maximum absolute atomic E-state index is 2.34. The highest BCUT2D eigenvalue weighted by Gasteiger charge is 2.25. The van der Waals surface area contributed by atoms with Crippen LogP contribution in [0.5, 0.6) is 0 Å². The standard InChI is InChI=1S/C32H68N.BrH.ClH/c1-5-9-13-17-21-25-29-33(30-26-22-18-14-10-6-2,31-27-23-19-15-11-7-3)32-28-24-20-16-12-8-4;;/h5-32H2,1-4H3;2*1H/q+1;;/p-2. The van der Waals surface area contributed by atoms with Crippen LogP contribution in [-0.2, 0) is 0 Å². The van der Waals surface area contributed by atoms with Crippen molar-refractivity contribution in [2.45, 2.75) is 182 Å². The van der Waals surface area contributed by atoms with Gasteiger partial charge in [-0.2, -0.15) is 0 Å². The van der Waals surface area contributed by atoms with Gasteiger partial charge >= 0.3 is 0 Å². The monoisotopic (exact) mass is 580 g/mol. The largest absolute Gasteiger partial charge is 1.00 e. The highest BCUT2D eigenvalue weighted by Crippen LogP contribution is 2.20. The highest BCUT2D eigenvalue weighted by atomic mass is 79.9. The summed E-state index contributed by atoms with van der Waals surface area (Å²) in [5, 5.41) is 0. The second kappa shape index (κ2) is 32.8. The SMILES string of the molecule is CCCCCCCC[N+](CCCCCCCC)(CCCCCCCC)CCCCCCCC.[Br-].[Cl-]. The lowest BCUT2D eigenvalue weighted by atomic mass is 10.0. The maximum Gasteiger partial charge on any atom is 0.0786 e. The molecule has 0 saturated heterocycles. The van der Waals surface area contributed by atoms with E-state index in [1.807, 2.05) is 0 Å². The van der Waals surface area contributed by atoms with Crippen LogP contribution in [0.4, 0.5) is 0 Å². The first kappa shape index (κ1) is 40.2. The predicted molar refractivity (Wildman–Crippen MR) is 153 cm³/mol. The Morgan fingerprint density at radius 3 is 0.657 bits per heavy atom. The van der Waals surface area contributed by atoms with E-state index < -0.39 is 0 Å². The lowest BCUT2D eigenvalue weighted by Gasteiger charge is -2.40. The van der Waals surface area contributed by atoms with E-state index in [2.05, 4.69) is 27.7 Å². The Labute approximate surface area is 241 Å². The zero-order valence-electron chi connectivity index (χ0n) is 25.0. The molecule has 0 N–H and O–H groups in total. The molecule has 0 spiro atoms. The minimum absolute atomic E-state index is 0. The lowest BCUT2D eigenvalue weighted by molar-refractivity contribution is -0.929. The Morgan fingerprint density at radius 2 is 0.457 bits per heavy atom. The van der Waals surface area contributed by atoms with Crippen molar-refractivity contribution in [3.8, 4) is 0 Å². The van der Waals surface area contributed by atoms with Gasteiger partial charge in [0.2, 0.25) is 0 Å². The first-order chi connectivity index (χ1) is 16.2. The molecule has 0 saturated carbocycles. The molecule has 35 heavy (non-hydrogen) atoms. The summed E-state index contributed by atoms with van der Waals surface area (Å²) in [6, 6.07) is 0. The van der Waals surface area contributed by atoms with Gasteiger partial charge in [-0.25, -0.2) is 0 Å². The molecule has 0 heterocycles. The fraction of sp³-hybridized carbons (Fsp3) is 1.00. The summed E-state index contributed by atoms with van der Waals surface area (Å²) in [5.41, 5.74) is 0. The predicted octanol–water partition coefficient (Wildman–Crippen LogP) is 5.25. The number of hydrogen-bond acceptors (Lipinski definition) is 0. The average Bonchev–Trinajstić information content (AvgIpc) is 2.83. The van der Waals surface area contributed by atoms with Gasteiger partial charge in [0.05, 0.1) is 26.2 Å². The molecule has 0 unspecified atom stereocenters. The van der Waals surface area contributed by atoms with Gasteiger partial charge in [0, 0.05) is 0 Å². The van der Waals surface area contributed by atoms with E-state index >= 15 is 0 Å². The van der Waals surface area contributed by atoms with Crippen LogP contribution in [0.2, 0.25) is 0 Å². The summed E-state index contributed by atoms with van der Waals surface area (Å²) in [6.07, 6.45) is 34.8. The summed E-state index contributed by atoms with van der Waals surface area (Å²) >= 11 is 0. The average molecular weight is 582 g/mol. The molecule has 3 heteroatoms. The van der Waals surface area contributed by atoms with Crippen LogP contribution in [0.25, 0.3) is 0 Å². The summed E-state index contributed by atoms with van der Waals surface area (Å²) in [7, 11) is 0. The second-order valence-corrected chi connectivity index (χ2v) is 11.3. The quantitative estimate of drug-likeness (QED) is 0.0874. The number of unbranched alkanes of at least 4 members (excludes halogenated alkanes) is 20. The van der Waals surface area contributed by atoms with Gasteiger partial charge in [-0.1, -0.05) is 130 Å². The van der Waals surface area contributed by atoms with Crippen LogP contribution in [0.3, 0.4) is 0 Å². The molecule has 0 aliphatic rings. The highest BCUT2D eigenvalue weighted by molar-refractivity contribution is 4.55. The minimum Gasteiger partial charge on any atom is -1.00 e. The van der Waals surface area contributed by atoms with Crippen molar-refractivity contribution in [3.63, 3.8) is 0 Å². The number of rotatable bonds is 28. The van der Waals surface area contributed by atoms with Crippen LogP contribution in [0.15, 0.2) is 0 Å². The van der Waals surface area contributed by atoms with Gasteiger partial charge in [-0.15, -0.1) is 0 Å². The van der Waals surface area contributed by atoms with Crippen LogP contribution in [0, 0.1) is 0 Å². The van der Waals surface area contributed by atoms with Crippen molar-refractivity contribution in [2.24, 2.45) is 0 Å². The van der Waals surface area contributed by atoms with E-state index in [9.17, 15) is 0 Å². The first-order valence-corrected chi connectivity index (χ1v) is 16.1. The topological polar surface area (TPSA) is 0 Å². The van der Waals surface area contributed by atoms with E-state index in [0.29, 0.717) is 0 Å². The smallest absolute Gasteiger partial charge is 0.0786 e. The van der Waals surface area contributed by atoms with E-state index in [-0.39, 0.29) is 29.4 Å². The third-order valence-electron chi connectivity index (χ3n) is 7.94. The molecule has 0 aromatic rings. The Kier molecular flexibility index (Phi) is 37.7. The number of nitrogens with zero attached hydrogens (tertiary/aromatic N) is 1. The summed E-state index contributed by atoms with van der Waals surface area (Å²) in [5.74, 6) is 0. The van der Waals surface area contributed by atoms with Gasteiger partial charge in [0.15, 0.2) is 0 Å². The molecular formula is C32H68BrClN-. The van der Waals surface area contributed by atoms with Gasteiger partial charge in [-0.05, 0) is 51.4 Å². The summed E-state index contributed by atoms with van der Waals surface area (Å²) in [4.78, 5) is 0. The molecule has 0 radical (unpaired) electrons. The Balaban J connectivity index is -0.00000512. The van der Waals surface area contributed by atoms with Gasteiger partial charge in [-0.3, -0.25) is 0 Å². The number of quaternary nitrogens is 1. The molecule has 0 aliphatic heterocycles. The molecule has 0 amide bonds. The van der Waals surface area contributed by atoms with E-state index in [1.165, 1.54) is 185 Å². The second-order valence-electron chi connectivity index (χ2n) is 11.3. The molecule has 0 aliphatic carbocycles. The maximum atomic E-state index is 2.34. The third-order valence-corrected chi connectivity index (χ3v) is 7.94. The van der Waals surface area contributed by atoms with Gasteiger partial charge in [0.25, 0.3) is 0 Å². The molecule has 216 valence electrons. The number of halogens is 2. The van der Waals surface area contributed by atoms with E-state index in [0.717, 1.165) is 0 Å². The van der Waals surface area contributed by atoms with Crippen molar-refractivity contribution in [3.05, 3.63) is 0 Å². The minimum atomic E-state index is 0. The Morgan fingerprint density at radius 1 is 0.286 bits per heavy atom. The van der Waals surface area contributed by atoms with Crippen molar-refractivity contribution in [1.29, 1.82) is 0 Å². The Bertz CT molecular complexity index is 294. The van der Waals surface area contributed by atoms with Crippen molar-refractivity contribution in [2.75, 3.05) is 26.2 Å². The third kappa shape index (κ3) is 27.6.